The fourth-order valence-corrected chi connectivity index (χ4v) is 2.48. The molecular formula is C8H16N2O4S. The standard InChI is InChI=1S/C8H16N2O4S/c1-8(7(11)12)3-5-10(6-4-8)15(13,14)9-2/h9H,3-6H2,1-2H3,(H,11,12). The number of hydrogen-bond acceptors (Lipinski definition) is 3. The summed E-state index contributed by atoms with van der Waals surface area (Å²) in [5.74, 6) is -0.857. The SMILES string of the molecule is CNS(=O)(=O)N1CCC(C)(C(=O)O)CC1. The van der Waals surface area contributed by atoms with Gasteiger partial charge in [-0.1, -0.05) is 0 Å². The van der Waals surface area contributed by atoms with E-state index in [2.05, 4.69) is 4.72 Å². The number of piperidine rings is 1. The second-order valence-electron chi connectivity index (χ2n) is 3.97. The summed E-state index contributed by atoms with van der Waals surface area (Å²) in [6.07, 6.45) is 0.701. The Bertz CT molecular complexity index is 344. The maximum Gasteiger partial charge on any atom is 0.309 e. The van der Waals surface area contributed by atoms with E-state index >= 15 is 0 Å². The molecule has 1 aliphatic rings. The van der Waals surface area contributed by atoms with Gasteiger partial charge < -0.3 is 5.11 Å². The molecule has 1 aliphatic heterocycles. The number of rotatable bonds is 3. The summed E-state index contributed by atoms with van der Waals surface area (Å²) in [5.41, 5.74) is -0.792. The van der Waals surface area contributed by atoms with Crippen molar-refractivity contribution in [2.24, 2.45) is 5.41 Å². The van der Waals surface area contributed by atoms with E-state index in [1.54, 1.807) is 6.92 Å². The van der Waals surface area contributed by atoms with Crippen molar-refractivity contribution in [2.75, 3.05) is 20.1 Å². The first-order valence-corrected chi connectivity index (χ1v) is 6.18. The summed E-state index contributed by atoms with van der Waals surface area (Å²) < 4.78 is 26.3. The van der Waals surface area contributed by atoms with Gasteiger partial charge in [0.15, 0.2) is 0 Å². The minimum atomic E-state index is -3.41. The predicted molar refractivity (Wildman–Crippen MR) is 54.5 cm³/mol. The molecule has 1 rings (SSSR count). The zero-order chi connectivity index (χ0) is 11.7. The van der Waals surface area contributed by atoms with Crippen molar-refractivity contribution < 1.29 is 18.3 Å². The van der Waals surface area contributed by atoms with Gasteiger partial charge in [0.05, 0.1) is 5.41 Å². The van der Waals surface area contributed by atoms with Crippen LogP contribution in [0.25, 0.3) is 0 Å². The highest BCUT2D eigenvalue weighted by atomic mass is 32.2. The summed E-state index contributed by atoms with van der Waals surface area (Å²) in [6.45, 7) is 2.16. The van der Waals surface area contributed by atoms with Crippen LogP contribution in [-0.4, -0.2) is 43.9 Å². The average Bonchev–Trinajstić information content (AvgIpc) is 2.18. The summed E-state index contributed by atoms with van der Waals surface area (Å²) in [5, 5.41) is 8.96. The first-order chi connectivity index (χ1) is 6.82. The zero-order valence-electron chi connectivity index (χ0n) is 8.86. The van der Waals surface area contributed by atoms with Crippen molar-refractivity contribution in [2.45, 2.75) is 19.8 Å². The van der Waals surface area contributed by atoms with Gasteiger partial charge in [-0.05, 0) is 19.8 Å². The number of hydrogen-bond donors (Lipinski definition) is 2. The van der Waals surface area contributed by atoms with Gasteiger partial charge in [0, 0.05) is 20.1 Å². The molecule has 0 aromatic heterocycles. The van der Waals surface area contributed by atoms with Crippen LogP contribution in [0, 0.1) is 5.41 Å². The summed E-state index contributed by atoms with van der Waals surface area (Å²) in [6, 6.07) is 0. The lowest BCUT2D eigenvalue weighted by Gasteiger charge is -2.35. The lowest BCUT2D eigenvalue weighted by atomic mass is 9.81. The minimum Gasteiger partial charge on any atom is -0.481 e. The molecule has 0 aliphatic carbocycles. The molecule has 0 bridgehead atoms. The summed E-state index contributed by atoms with van der Waals surface area (Å²) in [4.78, 5) is 10.9. The van der Waals surface area contributed by atoms with Crippen molar-refractivity contribution in [3.8, 4) is 0 Å². The Morgan fingerprint density at radius 2 is 1.87 bits per heavy atom. The van der Waals surface area contributed by atoms with Crippen molar-refractivity contribution in [1.82, 2.24) is 9.03 Å². The second-order valence-corrected chi connectivity index (χ2v) is 5.85. The minimum absolute atomic E-state index is 0.256. The first kappa shape index (κ1) is 12.4. The first-order valence-electron chi connectivity index (χ1n) is 4.74. The molecule has 6 nitrogen and oxygen atoms in total. The van der Waals surface area contributed by atoms with Crippen molar-refractivity contribution in [1.29, 1.82) is 0 Å². The molecule has 7 heteroatoms. The molecule has 0 aromatic carbocycles. The van der Waals surface area contributed by atoms with E-state index < -0.39 is 21.6 Å². The van der Waals surface area contributed by atoms with E-state index in [-0.39, 0.29) is 13.1 Å². The smallest absolute Gasteiger partial charge is 0.309 e. The molecule has 88 valence electrons. The highest BCUT2D eigenvalue weighted by Gasteiger charge is 2.39. The van der Waals surface area contributed by atoms with Crippen LogP contribution >= 0.6 is 0 Å². The third-order valence-corrected chi connectivity index (χ3v) is 4.50. The Morgan fingerprint density at radius 3 is 2.20 bits per heavy atom. The van der Waals surface area contributed by atoms with Gasteiger partial charge in [-0.25, -0.2) is 4.72 Å². The van der Waals surface area contributed by atoms with Crippen LogP contribution in [0.1, 0.15) is 19.8 Å². The van der Waals surface area contributed by atoms with Crippen molar-refractivity contribution in [3.05, 3.63) is 0 Å². The quantitative estimate of drug-likeness (QED) is 0.700. The zero-order valence-corrected chi connectivity index (χ0v) is 9.67. The Labute approximate surface area is 89.4 Å². The van der Waals surface area contributed by atoms with E-state index in [9.17, 15) is 13.2 Å². The Hall–Kier alpha value is -0.660. The van der Waals surface area contributed by atoms with Crippen molar-refractivity contribution >= 4 is 16.2 Å². The van der Waals surface area contributed by atoms with Gasteiger partial charge in [0.2, 0.25) is 0 Å². The Balaban J connectivity index is 2.68. The molecular weight excluding hydrogens is 220 g/mol. The van der Waals surface area contributed by atoms with Crippen LogP contribution in [0.5, 0.6) is 0 Å². The average molecular weight is 236 g/mol. The van der Waals surface area contributed by atoms with Gasteiger partial charge in [-0.3, -0.25) is 4.79 Å². The van der Waals surface area contributed by atoms with Gasteiger partial charge in [-0.2, -0.15) is 12.7 Å². The Kier molecular flexibility index (Phi) is 3.37. The number of nitrogens with one attached hydrogen (secondary N) is 1. The van der Waals surface area contributed by atoms with E-state index in [4.69, 9.17) is 5.11 Å². The highest BCUT2D eigenvalue weighted by molar-refractivity contribution is 7.87. The largest absolute Gasteiger partial charge is 0.481 e. The van der Waals surface area contributed by atoms with E-state index in [0.717, 1.165) is 0 Å². The van der Waals surface area contributed by atoms with Crippen LogP contribution in [-0.2, 0) is 15.0 Å². The molecule has 2 N–H and O–H groups in total. The maximum atomic E-state index is 11.4. The second kappa shape index (κ2) is 4.07. The Morgan fingerprint density at radius 1 is 1.40 bits per heavy atom. The summed E-state index contributed by atoms with van der Waals surface area (Å²) in [7, 11) is -2.06. The fraction of sp³-hybridized carbons (Fsp3) is 0.875. The molecule has 0 saturated carbocycles. The third kappa shape index (κ3) is 2.47. The normalized spacial score (nSPS) is 22.5. The lowest BCUT2D eigenvalue weighted by molar-refractivity contribution is -0.150. The molecule has 0 aromatic rings. The number of nitrogens with zero attached hydrogens (tertiary/aromatic N) is 1. The fourth-order valence-electron chi connectivity index (χ4n) is 1.56. The number of carboxylic acids is 1. The molecule has 1 fully saturated rings. The van der Waals surface area contributed by atoms with Crippen molar-refractivity contribution in [3.63, 3.8) is 0 Å². The van der Waals surface area contributed by atoms with Gasteiger partial charge in [0.25, 0.3) is 10.2 Å². The molecule has 0 atom stereocenters. The highest BCUT2D eigenvalue weighted by Crippen LogP contribution is 2.31. The molecule has 15 heavy (non-hydrogen) atoms. The van der Waals surface area contributed by atoms with Crippen LogP contribution in [0.2, 0.25) is 0 Å². The lowest BCUT2D eigenvalue weighted by Crippen LogP contribution is -2.48. The number of carboxylic acid groups (broad SMARTS) is 1. The molecule has 0 amide bonds. The van der Waals surface area contributed by atoms with Crippen LogP contribution in [0.15, 0.2) is 0 Å². The molecule has 1 heterocycles. The molecule has 0 radical (unpaired) electrons. The molecule has 0 spiro atoms. The molecule has 1 saturated heterocycles. The number of carbonyl (C=O) groups is 1. The summed E-state index contributed by atoms with van der Waals surface area (Å²) >= 11 is 0. The van der Waals surface area contributed by atoms with Gasteiger partial charge in [-0.15, -0.1) is 0 Å². The maximum absolute atomic E-state index is 11.4. The van der Waals surface area contributed by atoms with Gasteiger partial charge in [0.1, 0.15) is 0 Å². The van der Waals surface area contributed by atoms with Crippen LogP contribution in [0.4, 0.5) is 0 Å². The molecule has 0 unspecified atom stereocenters. The van der Waals surface area contributed by atoms with E-state index in [1.807, 2.05) is 0 Å². The predicted octanol–water partition coefficient (Wildman–Crippen LogP) is -0.363. The monoisotopic (exact) mass is 236 g/mol. The van der Waals surface area contributed by atoms with Crippen LogP contribution in [0.3, 0.4) is 0 Å². The third-order valence-electron chi connectivity index (χ3n) is 2.94. The van der Waals surface area contributed by atoms with Crippen LogP contribution < -0.4 is 4.72 Å². The van der Waals surface area contributed by atoms with Gasteiger partial charge >= 0.3 is 5.97 Å². The topological polar surface area (TPSA) is 86.7 Å². The van der Waals surface area contributed by atoms with E-state index in [0.29, 0.717) is 12.8 Å². The van der Waals surface area contributed by atoms with E-state index in [1.165, 1.54) is 11.4 Å². The number of aliphatic carboxylic acids is 1.